The van der Waals surface area contributed by atoms with Crippen molar-refractivity contribution >= 4 is 11.8 Å². The van der Waals surface area contributed by atoms with E-state index in [9.17, 15) is 0 Å². The molecular weight excluding hydrogens is 200 g/mol. The molecule has 0 saturated heterocycles. The van der Waals surface area contributed by atoms with Gasteiger partial charge in [0.25, 0.3) is 0 Å². The Bertz CT molecular complexity index is 417. The Morgan fingerprint density at radius 2 is 1.93 bits per heavy atom. The van der Waals surface area contributed by atoms with Gasteiger partial charge in [0.1, 0.15) is 0 Å². The molecule has 0 amide bonds. The van der Waals surface area contributed by atoms with Crippen LogP contribution in [0.3, 0.4) is 0 Å². The Kier molecular flexibility index (Phi) is 2.36. The predicted octanol–water partition coefficient (Wildman–Crippen LogP) is 4.72. The number of thioether (sulfide) groups is 1. The summed E-state index contributed by atoms with van der Waals surface area (Å²) in [6.45, 7) is 2.37. The summed E-state index contributed by atoms with van der Waals surface area (Å²) in [5.41, 5.74) is 3.27. The second kappa shape index (κ2) is 3.71. The number of rotatable bonds is 0. The van der Waals surface area contributed by atoms with Crippen molar-refractivity contribution in [3.63, 3.8) is 0 Å². The third-order valence-electron chi connectivity index (χ3n) is 3.60. The quantitative estimate of drug-likeness (QED) is 0.604. The van der Waals surface area contributed by atoms with E-state index in [4.69, 9.17) is 0 Å². The molecule has 2 aliphatic rings. The molecule has 1 heterocycles. The minimum absolute atomic E-state index is 0.665. The summed E-state index contributed by atoms with van der Waals surface area (Å²) < 4.78 is 0. The van der Waals surface area contributed by atoms with Crippen LogP contribution in [-0.4, -0.2) is 0 Å². The van der Waals surface area contributed by atoms with Gasteiger partial charge in [0.15, 0.2) is 0 Å². The van der Waals surface area contributed by atoms with Crippen molar-refractivity contribution in [3.8, 4) is 0 Å². The van der Waals surface area contributed by atoms with E-state index in [0.717, 1.165) is 0 Å². The van der Waals surface area contributed by atoms with Crippen LogP contribution in [0.2, 0.25) is 0 Å². The molecule has 15 heavy (non-hydrogen) atoms. The lowest BCUT2D eigenvalue weighted by Gasteiger charge is -2.31. The van der Waals surface area contributed by atoms with Gasteiger partial charge in [-0.05, 0) is 42.2 Å². The van der Waals surface area contributed by atoms with Crippen molar-refractivity contribution in [2.45, 2.75) is 43.4 Å². The maximum atomic E-state index is 2.37. The maximum absolute atomic E-state index is 2.37. The van der Waals surface area contributed by atoms with Gasteiger partial charge in [-0.3, -0.25) is 0 Å². The van der Waals surface area contributed by atoms with Crippen LogP contribution in [0.25, 0.3) is 0 Å². The number of allylic oxidation sites excluding steroid dienone is 2. The van der Waals surface area contributed by atoms with Gasteiger partial charge in [-0.15, -0.1) is 0 Å². The molecule has 0 N–H and O–H groups in total. The molecule has 1 aromatic rings. The number of hydrogen-bond donors (Lipinski definition) is 0. The van der Waals surface area contributed by atoms with Crippen molar-refractivity contribution < 1.29 is 0 Å². The summed E-state index contributed by atoms with van der Waals surface area (Å²) in [5.74, 6) is 0.665. The van der Waals surface area contributed by atoms with Gasteiger partial charge in [0.05, 0.1) is 0 Å². The molecule has 1 heteroatoms. The van der Waals surface area contributed by atoms with Crippen molar-refractivity contribution in [2.24, 2.45) is 0 Å². The summed E-state index contributed by atoms with van der Waals surface area (Å²) in [6.07, 6.45) is 5.43. The van der Waals surface area contributed by atoms with Gasteiger partial charge in [-0.25, -0.2) is 0 Å². The average molecular weight is 216 g/mol. The molecule has 0 nitrogen and oxygen atoms in total. The fourth-order valence-corrected chi connectivity index (χ4v) is 4.16. The molecule has 3 rings (SSSR count). The van der Waals surface area contributed by atoms with Gasteiger partial charge in [0, 0.05) is 10.8 Å². The first-order chi connectivity index (χ1) is 7.36. The van der Waals surface area contributed by atoms with E-state index in [1.807, 2.05) is 11.8 Å². The minimum Gasteiger partial charge on any atom is -0.0943 e. The second-order valence-corrected chi connectivity index (χ2v) is 5.65. The number of fused-ring (bicyclic) bond motifs is 1. The zero-order valence-corrected chi connectivity index (χ0v) is 9.94. The normalized spacial score (nSPS) is 24.7. The molecule has 0 spiro atoms. The Labute approximate surface area is 95.8 Å². The van der Waals surface area contributed by atoms with E-state index in [0.29, 0.717) is 5.92 Å². The summed E-state index contributed by atoms with van der Waals surface area (Å²) >= 11 is 2.02. The van der Waals surface area contributed by atoms with Crippen LogP contribution in [0.5, 0.6) is 0 Å². The van der Waals surface area contributed by atoms with Crippen molar-refractivity contribution in [2.75, 3.05) is 0 Å². The number of hydrogen-bond acceptors (Lipinski definition) is 1. The van der Waals surface area contributed by atoms with E-state index >= 15 is 0 Å². The first-order valence-electron chi connectivity index (χ1n) is 5.85. The van der Waals surface area contributed by atoms with Crippen LogP contribution in [-0.2, 0) is 0 Å². The topological polar surface area (TPSA) is 0 Å². The Morgan fingerprint density at radius 3 is 2.87 bits per heavy atom. The lowest BCUT2D eigenvalue weighted by molar-refractivity contribution is 0.643. The van der Waals surface area contributed by atoms with E-state index in [1.54, 1.807) is 16.0 Å². The smallest absolute Gasteiger partial charge is 0.0157 e. The Hall–Kier alpha value is -0.690. The molecule has 0 saturated carbocycles. The third kappa shape index (κ3) is 1.53. The predicted molar refractivity (Wildman–Crippen MR) is 66.2 cm³/mol. The molecule has 0 fully saturated rings. The lowest BCUT2D eigenvalue weighted by atomic mass is 9.85. The molecule has 1 aliphatic heterocycles. The maximum Gasteiger partial charge on any atom is 0.0157 e. The second-order valence-electron chi connectivity index (χ2n) is 4.52. The first-order valence-corrected chi connectivity index (χ1v) is 6.66. The number of benzene rings is 1. The highest BCUT2D eigenvalue weighted by molar-refractivity contribution is 8.03. The Morgan fingerprint density at radius 1 is 1.13 bits per heavy atom. The van der Waals surface area contributed by atoms with Gasteiger partial charge in [0.2, 0.25) is 0 Å². The van der Waals surface area contributed by atoms with Crippen molar-refractivity contribution in [1.29, 1.82) is 0 Å². The molecule has 1 unspecified atom stereocenters. The van der Waals surface area contributed by atoms with Gasteiger partial charge >= 0.3 is 0 Å². The fraction of sp³-hybridized carbons (Fsp3) is 0.429. The van der Waals surface area contributed by atoms with Crippen molar-refractivity contribution in [1.82, 2.24) is 0 Å². The minimum atomic E-state index is 0.665. The van der Waals surface area contributed by atoms with Crippen LogP contribution in [0, 0.1) is 0 Å². The fourth-order valence-electron chi connectivity index (χ4n) is 2.73. The van der Waals surface area contributed by atoms with Gasteiger partial charge < -0.3 is 0 Å². The van der Waals surface area contributed by atoms with E-state index in [2.05, 4.69) is 31.2 Å². The zero-order chi connectivity index (χ0) is 10.3. The first kappa shape index (κ1) is 9.53. The van der Waals surface area contributed by atoms with E-state index in [1.165, 1.54) is 30.6 Å². The molecule has 1 aliphatic carbocycles. The van der Waals surface area contributed by atoms with E-state index in [-0.39, 0.29) is 0 Å². The lowest BCUT2D eigenvalue weighted by Crippen LogP contribution is -2.10. The van der Waals surface area contributed by atoms with Crippen molar-refractivity contribution in [3.05, 3.63) is 40.3 Å². The van der Waals surface area contributed by atoms with Crippen LogP contribution < -0.4 is 0 Å². The highest BCUT2D eigenvalue weighted by Crippen LogP contribution is 2.49. The molecule has 1 atom stereocenters. The summed E-state index contributed by atoms with van der Waals surface area (Å²) in [4.78, 5) is 3.16. The molecule has 1 aromatic carbocycles. The highest BCUT2D eigenvalue weighted by Gasteiger charge is 2.26. The average Bonchev–Trinajstić information content (AvgIpc) is 2.30. The molecule has 78 valence electrons. The zero-order valence-electron chi connectivity index (χ0n) is 9.12. The SMILES string of the molecule is CC1C2=C(CCCC2)Sc2ccccc21. The third-order valence-corrected chi connectivity index (χ3v) is 4.90. The summed E-state index contributed by atoms with van der Waals surface area (Å²) in [7, 11) is 0. The van der Waals surface area contributed by atoms with Gasteiger partial charge in [-0.2, -0.15) is 0 Å². The van der Waals surface area contributed by atoms with E-state index < -0.39 is 0 Å². The molecule has 0 aromatic heterocycles. The monoisotopic (exact) mass is 216 g/mol. The molecule has 0 bridgehead atoms. The molecular formula is C14H16S. The van der Waals surface area contributed by atoms with Crippen LogP contribution in [0.1, 0.15) is 44.1 Å². The summed E-state index contributed by atoms with van der Waals surface area (Å²) in [5, 5.41) is 0. The standard InChI is InChI=1S/C14H16S/c1-10-11-6-2-4-8-13(11)15-14-9-5-3-7-12(10)14/h2,4,6,8,10H,3,5,7,9H2,1H3. The van der Waals surface area contributed by atoms with Crippen LogP contribution >= 0.6 is 11.8 Å². The largest absolute Gasteiger partial charge is 0.0943 e. The molecule has 0 radical (unpaired) electrons. The highest BCUT2D eigenvalue weighted by atomic mass is 32.2. The van der Waals surface area contributed by atoms with Crippen LogP contribution in [0.4, 0.5) is 0 Å². The van der Waals surface area contributed by atoms with Crippen LogP contribution in [0.15, 0.2) is 39.6 Å². The summed E-state index contributed by atoms with van der Waals surface area (Å²) in [6, 6.07) is 8.90. The van der Waals surface area contributed by atoms with Gasteiger partial charge in [-0.1, -0.05) is 42.5 Å². The Balaban J connectivity index is 2.07.